The van der Waals surface area contributed by atoms with E-state index in [1.54, 1.807) is 18.2 Å². The molecule has 0 aromatic heterocycles. The Morgan fingerprint density at radius 2 is 1.75 bits per heavy atom. The van der Waals surface area contributed by atoms with Gasteiger partial charge in [0, 0.05) is 5.56 Å². The molecule has 1 aromatic carbocycles. The smallest absolute Gasteiger partial charge is 0.302 e. The molecule has 0 N–H and O–H groups in total. The molecular weight excluding hydrogens is 160 g/mol. The van der Waals surface area contributed by atoms with Gasteiger partial charge in [0.1, 0.15) is 0 Å². The molecule has 0 radical (unpaired) electrons. The van der Waals surface area contributed by atoms with E-state index in [2.05, 4.69) is 4.85 Å². The summed E-state index contributed by atoms with van der Waals surface area (Å²) in [6, 6.07) is 6.79. The van der Waals surface area contributed by atoms with Crippen LogP contribution in [0.4, 0.5) is 8.78 Å². The van der Waals surface area contributed by atoms with E-state index >= 15 is 0 Å². The maximum absolute atomic E-state index is 12.2. The van der Waals surface area contributed by atoms with E-state index in [9.17, 15) is 8.78 Å². The average Bonchev–Trinajstić information content (AvgIpc) is 2.07. The summed E-state index contributed by atoms with van der Waals surface area (Å²) in [6.45, 7) is 6.57. The van der Waals surface area contributed by atoms with Gasteiger partial charge in [-0.1, -0.05) is 30.3 Å². The third kappa shape index (κ3) is 1.79. The molecule has 0 bridgehead atoms. The van der Waals surface area contributed by atoms with E-state index in [1.807, 2.05) is 0 Å². The third-order valence-corrected chi connectivity index (χ3v) is 1.52. The first kappa shape index (κ1) is 8.66. The highest BCUT2D eigenvalue weighted by molar-refractivity contribution is 5.21. The second-order valence-electron chi connectivity index (χ2n) is 2.32. The maximum Gasteiger partial charge on any atom is 0.316 e. The Morgan fingerprint density at radius 1 is 1.17 bits per heavy atom. The molecule has 1 unspecified atom stereocenters. The minimum absolute atomic E-state index is 0.377. The zero-order chi connectivity index (χ0) is 8.97. The van der Waals surface area contributed by atoms with E-state index < -0.39 is 12.5 Å². The largest absolute Gasteiger partial charge is 0.316 e. The number of halogens is 2. The lowest BCUT2D eigenvalue weighted by molar-refractivity contribution is 0.130. The fourth-order valence-corrected chi connectivity index (χ4v) is 0.927. The highest BCUT2D eigenvalue weighted by atomic mass is 19.3. The van der Waals surface area contributed by atoms with Gasteiger partial charge in [0.15, 0.2) is 0 Å². The summed E-state index contributed by atoms with van der Waals surface area (Å²) in [6.07, 6.45) is -2.61. The van der Waals surface area contributed by atoms with Crippen molar-refractivity contribution in [1.82, 2.24) is 0 Å². The van der Waals surface area contributed by atoms with E-state index in [1.165, 1.54) is 12.1 Å². The average molecular weight is 167 g/mol. The Hall–Kier alpha value is -1.43. The van der Waals surface area contributed by atoms with Gasteiger partial charge in [0.05, 0.1) is 0 Å². The van der Waals surface area contributed by atoms with Crippen LogP contribution in [0.2, 0.25) is 0 Å². The van der Waals surface area contributed by atoms with E-state index in [-0.39, 0.29) is 0 Å². The van der Waals surface area contributed by atoms with Gasteiger partial charge < -0.3 is 4.85 Å². The summed E-state index contributed by atoms with van der Waals surface area (Å²) in [4.78, 5) is 2.86. The molecule has 0 spiro atoms. The molecule has 3 heteroatoms. The molecule has 0 aliphatic rings. The van der Waals surface area contributed by atoms with Crippen molar-refractivity contribution in [2.45, 2.75) is 12.5 Å². The van der Waals surface area contributed by atoms with Crippen molar-refractivity contribution in [3.8, 4) is 0 Å². The molecule has 1 aromatic rings. The molecule has 0 heterocycles. The summed E-state index contributed by atoms with van der Waals surface area (Å²) in [7, 11) is 0. The van der Waals surface area contributed by atoms with Crippen molar-refractivity contribution >= 4 is 0 Å². The van der Waals surface area contributed by atoms with Crippen LogP contribution < -0.4 is 0 Å². The van der Waals surface area contributed by atoms with Gasteiger partial charge in [-0.05, 0) is 0 Å². The van der Waals surface area contributed by atoms with Crippen molar-refractivity contribution < 1.29 is 8.78 Å². The topological polar surface area (TPSA) is 4.36 Å². The third-order valence-electron chi connectivity index (χ3n) is 1.52. The van der Waals surface area contributed by atoms with Gasteiger partial charge in [0.2, 0.25) is 0 Å². The van der Waals surface area contributed by atoms with Crippen molar-refractivity contribution in [2.75, 3.05) is 0 Å². The molecule has 0 saturated heterocycles. The molecule has 0 fully saturated rings. The number of alkyl halides is 2. The van der Waals surface area contributed by atoms with Gasteiger partial charge in [-0.15, -0.1) is 0 Å². The molecule has 0 amide bonds. The first-order valence-electron chi connectivity index (χ1n) is 3.45. The Bertz CT molecular complexity index is 276. The van der Waals surface area contributed by atoms with Gasteiger partial charge >= 0.3 is 12.5 Å². The summed E-state index contributed by atoms with van der Waals surface area (Å²) in [5.74, 6) is 0. The van der Waals surface area contributed by atoms with Crippen LogP contribution >= 0.6 is 0 Å². The zero-order valence-corrected chi connectivity index (χ0v) is 6.24. The molecule has 0 aliphatic heterocycles. The number of nitrogens with zero attached hydrogens (tertiary/aromatic N) is 1. The fraction of sp³-hybridized carbons (Fsp3) is 0.222. The number of hydrogen-bond acceptors (Lipinski definition) is 0. The highest BCUT2D eigenvalue weighted by Crippen LogP contribution is 2.23. The number of hydrogen-bond donors (Lipinski definition) is 0. The lowest BCUT2D eigenvalue weighted by Crippen LogP contribution is -2.03. The summed E-state index contributed by atoms with van der Waals surface area (Å²) in [5, 5.41) is 0. The second-order valence-corrected chi connectivity index (χ2v) is 2.32. The fourth-order valence-electron chi connectivity index (χ4n) is 0.927. The zero-order valence-electron chi connectivity index (χ0n) is 6.24. The maximum atomic E-state index is 12.2. The van der Waals surface area contributed by atoms with Crippen molar-refractivity contribution in [1.29, 1.82) is 0 Å². The quantitative estimate of drug-likeness (QED) is 0.596. The van der Waals surface area contributed by atoms with Crippen LogP contribution in [0.5, 0.6) is 0 Å². The van der Waals surface area contributed by atoms with E-state index in [0.29, 0.717) is 5.56 Å². The minimum Gasteiger partial charge on any atom is -0.302 e. The van der Waals surface area contributed by atoms with Crippen molar-refractivity contribution in [3.05, 3.63) is 47.3 Å². The first-order valence-corrected chi connectivity index (χ1v) is 3.45. The van der Waals surface area contributed by atoms with Crippen LogP contribution in [0.25, 0.3) is 4.85 Å². The van der Waals surface area contributed by atoms with Crippen molar-refractivity contribution in [2.24, 2.45) is 0 Å². The molecule has 0 saturated carbocycles. The van der Waals surface area contributed by atoms with E-state index in [4.69, 9.17) is 6.57 Å². The summed E-state index contributed by atoms with van der Waals surface area (Å²) < 4.78 is 24.3. The van der Waals surface area contributed by atoms with Crippen LogP contribution in [-0.4, -0.2) is 6.43 Å². The highest BCUT2D eigenvalue weighted by Gasteiger charge is 2.26. The van der Waals surface area contributed by atoms with Gasteiger partial charge in [-0.2, -0.15) is 0 Å². The SMILES string of the molecule is [C-]#[N+]C(c1ccccc1)C(F)F. The predicted octanol–water partition coefficient (Wildman–Crippen LogP) is 2.91. The standard InChI is InChI=1S/C9H7F2N/c1-12-8(9(10)11)7-5-3-2-4-6-7/h2-6,8-9H. The molecule has 1 atom stereocenters. The summed E-state index contributed by atoms with van der Waals surface area (Å²) >= 11 is 0. The van der Waals surface area contributed by atoms with Crippen molar-refractivity contribution in [3.63, 3.8) is 0 Å². The normalized spacial score (nSPS) is 12.5. The van der Waals surface area contributed by atoms with Crippen LogP contribution in [0, 0.1) is 6.57 Å². The number of rotatable bonds is 2. The van der Waals surface area contributed by atoms with Crippen LogP contribution in [0.15, 0.2) is 30.3 Å². The Balaban J connectivity index is 2.90. The van der Waals surface area contributed by atoms with Crippen LogP contribution in [0.1, 0.15) is 11.6 Å². The molecule has 12 heavy (non-hydrogen) atoms. The minimum atomic E-state index is -2.61. The molecule has 1 nitrogen and oxygen atoms in total. The Kier molecular flexibility index (Phi) is 2.76. The molecule has 62 valence electrons. The molecule has 0 aliphatic carbocycles. The van der Waals surface area contributed by atoms with Crippen LogP contribution in [0.3, 0.4) is 0 Å². The Labute approximate surface area is 69.5 Å². The van der Waals surface area contributed by atoms with Gasteiger partial charge in [-0.25, -0.2) is 15.4 Å². The monoisotopic (exact) mass is 167 g/mol. The number of benzene rings is 1. The second kappa shape index (κ2) is 3.82. The van der Waals surface area contributed by atoms with E-state index in [0.717, 1.165) is 0 Å². The van der Waals surface area contributed by atoms with Gasteiger partial charge in [-0.3, -0.25) is 0 Å². The lowest BCUT2D eigenvalue weighted by Gasteiger charge is -2.02. The summed E-state index contributed by atoms with van der Waals surface area (Å²) in [5.41, 5.74) is 0.377. The predicted molar refractivity (Wildman–Crippen MR) is 41.8 cm³/mol. The molecular formula is C9H7F2N. The Morgan fingerprint density at radius 3 is 2.17 bits per heavy atom. The lowest BCUT2D eigenvalue weighted by atomic mass is 10.1. The first-order chi connectivity index (χ1) is 5.75. The molecule has 1 rings (SSSR count). The van der Waals surface area contributed by atoms with Gasteiger partial charge in [0.25, 0.3) is 0 Å². The van der Waals surface area contributed by atoms with Crippen LogP contribution in [-0.2, 0) is 0 Å².